The van der Waals surface area contributed by atoms with Crippen LogP contribution in [0.1, 0.15) is 23.1 Å². The summed E-state index contributed by atoms with van der Waals surface area (Å²) in [6, 6.07) is 22.8. The Morgan fingerprint density at radius 2 is 1.61 bits per heavy atom. The van der Waals surface area contributed by atoms with E-state index < -0.39 is 0 Å². The first kappa shape index (κ1) is 26.2. The Hall–Kier alpha value is -4.44. The maximum absolute atomic E-state index is 12.6. The van der Waals surface area contributed by atoms with Crippen LogP contribution in [0, 0.1) is 11.8 Å². The van der Waals surface area contributed by atoms with Crippen LogP contribution >= 0.6 is 0 Å². The summed E-state index contributed by atoms with van der Waals surface area (Å²) in [7, 11) is 4.81. The van der Waals surface area contributed by atoms with Crippen LogP contribution in [-0.4, -0.2) is 44.6 Å². The minimum atomic E-state index is -0.286. The molecule has 0 fully saturated rings. The molecule has 0 heterocycles. The molecule has 7 nitrogen and oxygen atoms in total. The molecule has 0 unspecified atom stereocenters. The number of nitrogens with zero attached hydrogens (tertiary/aromatic N) is 2. The molecule has 186 valence electrons. The number of ether oxygens (including phenoxy) is 3. The second-order valence-corrected chi connectivity index (χ2v) is 7.91. The Morgan fingerprint density at radius 3 is 2.28 bits per heavy atom. The fourth-order valence-electron chi connectivity index (χ4n) is 3.47. The molecule has 0 aliphatic carbocycles. The fourth-order valence-corrected chi connectivity index (χ4v) is 3.47. The van der Waals surface area contributed by atoms with E-state index in [1.54, 1.807) is 32.3 Å². The number of methoxy groups -OCH3 is 3. The first-order valence-corrected chi connectivity index (χ1v) is 11.5. The Balaban J connectivity index is 1.78. The molecule has 3 rings (SSSR count). The zero-order valence-corrected chi connectivity index (χ0v) is 20.9. The Morgan fingerprint density at radius 1 is 0.917 bits per heavy atom. The van der Waals surface area contributed by atoms with E-state index in [1.165, 1.54) is 0 Å². The fraction of sp³-hybridized carbons (Fsp3) is 0.241. The van der Waals surface area contributed by atoms with E-state index in [4.69, 9.17) is 19.9 Å². The first-order valence-electron chi connectivity index (χ1n) is 11.5. The summed E-state index contributed by atoms with van der Waals surface area (Å²) in [4.78, 5) is 18.5. The van der Waals surface area contributed by atoms with Crippen molar-refractivity contribution in [3.05, 3.63) is 89.5 Å². The summed E-state index contributed by atoms with van der Waals surface area (Å²) in [6.45, 7) is 0.619. The highest BCUT2D eigenvalue weighted by molar-refractivity contribution is 5.92. The molecular formula is C29H31N3O4. The second-order valence-electron chi connectivity index (χ2n) is 7.91. The van der Waals surface area contributed by atoms with Gasteiger partial charge in [0.25, 0.3) is 0 Å². The van der Waals surface area contributed by atoms with E-state index in [2.05, 4.69) is 16.8 Å². The predicted molar refractivity (Wildman–Crippen MR) is 141 cm³/mol. The number of rotatable bonds is 9. The van der Waals surface area contributed by atoms with Crippen molar-refractivity contribution in [1.82, 2.24) is 4.90 Å². The zero-order chi connectivity index (χ0) is 25.8. The van der Waals surface area contributed by atoms with E-state index in [-0.39, 0.29) is 24.8 Å². The SMILES string of the molecule is COc1ccc(C#CCN(Cc2ccc(OC)cc2OC)C(N)=NC(=O)CCc2ccccc2)cc1. The molecule has 0 spiro atoms. The minimum absolute atomic E-state index is 0.106. The molecule has 0 saturated heterocycles. The summed E-state index contributed by atoms with van der Waals surface area (Å²) in [6.07, 6.45) is 0.863. The molecule has 0 radical (unpaired) electrons. The van der Waals surface area contributed by atoms with Crippen LogP contribution < -0.4 is 19.9 Å². The molecule has 0 aromatic heterocycles. The van der Waals surface area contributed by atoms with Crippen LogP contribution in [0.3, 0.4) is 0 Å². The van der Waals surface area contributed by atoms with E-state index in [1.807, 2.05) is 66.7 Å². The quantitative estimate of drug-likeness (QED) is 0.280. The van der Waals surface area contributed by atoms with Gasteiger partial charge >= 0.3 is 0 Å². The van der Waals surface area contributed by atoms with Gasteiger partial charge in [0.05, 0.1) is 34.4 Å². The number of benzene rings is 3. The van der Waals surface area contributed by atoms with Crippen LogP contribution in [0.2, 0.25) is 0 Å². The van der Waals surface area contributed by atoms with Crippen molar-refractivity contribution in [2.75, 3.05) is 27.9 Å². The summed E-state index contributed by atoms with van der Waals surface area (Å²) in [5, 5.41) is 0. The van der Waals surface area contributed by atoms with Gasteiger partial charge in [-0.3, -0.25) is 4.79 Å². The third kappa shape index (κ3) is 7.81. The molecule has 1 amide bonds. The van der Waals surface area contributed by atoms with Gasteiger partial charge in [0.1, 0.15) is 17.2 Å². The van der Waals surface area contributed by atoms with Gasteiger partial charge in [0, 0.05) is 23.6 Å². The van der Waals surface area contributed by atoms with Crippen molar-refractivity contribution in [3.8, 4) is 29.1 Å². The van der Waals surface area contributed by atoms with Crippen LogP contribution in [0.5, 0.6) is 17.2 Å². The van der Waals surface area contributed by atoms with Gasteiger partial charge in [0.15, 0.2) is 5.96 Å². The molecule has 0 aliphatic heterocycles. The largest absolute Gasteiger partial charge is 0.497 e. The maximum Gasteiger partial charge on any atom is 0.249 e. The van der Waals surface area contributed by atoms with E-state index in [0.717, 1.165) is 22.4 Å². The number of nitrogens with two attached hydrogens (primary N) is 1. The lowest BCUT2D eigenvalue weighted by Crippen LogP contribution is -2.38. The highest BCUT2D eigenvalue weighted by Gasteiger charge is 2.14. The Labute approximate surface area is 212 Å². The van der Waals surface area contributed by atoms with Gasteiger partial charge in [-0.1, -0.05) is 42.2 Å². The molecule has 3 aromatic rings. The lowest BCUT2D eigenvalue weighted by molar-refractivity contribution is -0.117. The molecule has 0 saturated carbocycles. The van der Waals surface area contributed by atoms with Crippen molar-refractivity contribution < 1.29 is 19.0 Å². The van der Waals surface area contributed by atoms with Gasteiger partial charge in [-0.05, 0) is 48.4 Å². The summed E-state index contributed by atoms with van der Waals surface area (Å²) in [5.41, 5.74) is 9.08. The topological polar surface area (TPSA) is 86.4 Å². The molecule has 0 atom stereocenters. The predicted octanol–water partition coefficient (Wildman–Crippen LogP) is 4.04. The van der Waals surface area contributed by atoms with Crippen LogP contribution in [0.4, 0.5) is 0 Å². The highest BCUT2D eigenvalue weighted by Crippen LogP contribution is 2.25. The van der Waals surface area contributed by atoms with Gasteiger partial charge in [-0.25, -0.2) is 0 Å². The van der Waals surface area contributed by atoms with Crippen molar-refractivity contribution in [2.45, 2.75) is 19.4 Å². The summed E-state index contributed by atoms with van der Waals surface area (Å²) in [5.74, 6) is 8.16. The molecule has 0 aliphatic rings. The molecular weight excluding hydrogens is 454 g/mol. The number of aliphatic imine (C=N–C) groups is 1. The third-order valence-corrected chi connectivity index (χ3v) is 5.48. The normalized spacial score (nSPS) is 10.7. The number of amides is 1. The number of aryl methyl sites for hydroxylation is 1. The van der Waals surface area contributed by atoms with E-state index in [9.17, 15) is 4.79 Å². The number of carbonyl (C=O) groups excluding carboxylic acids is 1. The average molecular weight is 486 g/mol. The lowest BCUT2D eigenvalue weighted by atomic mass is 10.1. The number of hydrogen-bond acceptors (Lipinski definition) is 4. The third-order valence-electron chi connectivity index (χ3n) is 5.48. The van der Waals surface area contributed by atoms with Crippen LogP contribution in [0.25, 0.3) is 0 Å². The average Bonchev–Trinajstić information content (AvgIpc) is 2.92. The van der Waals surface area contributed by atoms with E-state index >= 15 is 0 Å². The summed E-state index contributed by atoms with van der Waals surface area (Å²) < 4.78 is 16.0. The van der Waals surface area contributed by atoms with Crippen LogP contribution in [-0.2, 0) is 17.8 Å². The first-order chi connectivity index (χ1) is 17.5. The monoisotopic (exact) mass is 485 g/mol. The zero-order valence-electron chi connectivity index (χ0n) is 20.9. The maximum atomic E-state index is 12.6. The van der Waals surface area contributed by atoms with Gasteiger partial charge in [-0.15, -0.1) is 0 Å². The summed E-state index contributed by atoms with van der Waals surface area (Å²) >= 11 is 0. The number of carbonyl (C=O) groups is 1. The van der Waals surface area contributed by atoms with Crippen molar-refractivity contribution in [1.29, 1.82) is 0 Å². The van der Waals surface area contributed by atoms with E-state index in [0.29, 0.717) is 24.5 Å². The Bertz CT molecular complexity index is 1230. The van der Waals surface area contributed by atoms with Gasteiger partial charge in [-0.2, -0.15) is 4.99 Å². The Kier molecular flexibility index (Phi) is 9.78. The molecule has 3 aromatic carbocycles. The molecule has 2 N–H and O–H groups in total. The molecule has 0 bridgehead atoms. The van der Waals surface area contributed by atoms with Crippen LogP contribution in [0.15, 0.2) is 77.8 Å². The van der Waals surface area contributed by atoms with Gasteiger partial charge < -0.3 is 24.8 Å². The molecule has 7 heteroatoms. The number of hydrogen-bond donors (Lipinski definition) is 1. The van der Waals surface area contributed by atoms with Crippen molar-refractivity contribution in [3.63, 3.8) is 0 Å². The number of guanidine groups is 1. The minimum Gasteiger partial charge on any atom is -0.497 e. The second kappa shape index (κ2) is 13.4. The smallest absolute Gasteiger partial charge is 0.249 e. The van der Waals surface area contributed by atoms with Gasteiger partial charge in [0.2, 0.25) is 5.91 Å². The molecule has 36 heavy (non-hydrogen) atoms. The highest BCUT2D eigenvalue weighted by atomic mass is 16.5. The van der Waals surface area contributed by atoms with Crippen molar-refractivity contribution in [2.24, 2.45) is 10.7 Å². The lowest BCUT2D eigenvalue weighted by Gasteiger charge is -2.22. The van der Waals surface area contributed by atoms with Crippen molar-refractivity contribution >= 4 is 11.9 Å². The standard InChI is InChI=1S/C29H31N3O4/c1-34-25-15-11-23(12-16-25)10-7-19-32(21-24-14-17-26(35-2)20-27(24)36-3)29(30)31-28(33)18-13-22-8-5-4-6-9-22/h4-6,8-9,11-12,14-17,20H,13,18-19,21H2,1-3H3,(H2,30,31,33).